The summed E-state index contributed by atoms with van der Waals surface area (Å²) < 4.78 is 6.02. The Kier molecular flexibility index (Phi) is 2.76. The van der Waals surface area contributed by atoms with Crippen LogP contribution < -0.4 is 4.90 Å². The smallest absolute Gasteiger partial charge is 0.156 e. The second kappa shape index (κ2) is 4.59. The summed E-state index contributed by atoms with van der Waals surface area (Å²) in [6.07, 6.45) is 6.01. The van der Waals surface area contributed by atoms with Gasteiger partial charge in [-0.1, -0.05) is 25.1 Å². The molecule has 4 nitrogen and oxygen atoms in total. The Bertz CT molecular complexity index is 738. The molecule has 5 atom stereocenters. The molecule has 0 bridgehead atoms. The maximum absolute atomic E-state index is 12.4. The van der Waals surface area contributed by atoms with Crippen molar-refractivity contribution in [1.29, 1.82) is 0 Å². The number of aliphatic hydroxyl groups is 1. The van der Waals surface area contributed by atoms with Crippen LogP contribution in [-0.2, 0) is 10.2 Å². The summed E-state index contributed by atoms with van der Waals surface area (Å²) in [6, 6.07) is 9.25. The summed E-state index contributed by atoms with van der Waals surface area (Å²) in [6.45, 7) is 5.94. The van der Waals surface area contributed by atoms with E-state index < -0.39 is 5.72 Å². The minimum absolute atomic E-state index is 0.146. The fraction of sp³-hybridized carbons (Fsp3) is 0.714. The predicted octanol–water partition coefficient (Wildman–Crippen LogP) is 2.71. The molecule has 4 heterocycles. The Hall–Kier alpha value is -1.10. The van der Waals surface area contributed by atoms with Crippen LogP contribution in [0.1, 0.15) is 44.6 Å². The van der Waals surface area contributed by atoms with E-state index in [9.17, 15) is 5.11 Å². The maximum Gasteiger partial charge on any atom is 0.156 e. The van der Waals surface area contributed by atoms with E-state index >= 15 is 0 Å². The number of piperidine rings is 1. The first-order chi connectivity index (χ1) is 12.2. The average Bonchev–Trinajstić information content (AvgIpc) is 3.15. The minimum Gasteiger partial charge on any atom is -0.369 e. The van der Waals surface area contributed by atoms with Crippen molar-refractivity contribution in [3.63, 3.8) is 0 Å². The van der Waals surface area contributed by atoms with Gasteiger partial charge in [0, 0.05) is 17.6 Å². The molecule has 6 rings (SSSR count). The largest absolute Gasteiger partial charge is 0.369 e. The highest BCUT2D eigenvalue weighted by molar-refractivity contribution is 5.68. The first kappa shape index (κ1) is 15.0. The summed E-state index contributed by atoms with van der Waals surface area (Å²) in [7, 11) is 0. The van der Waals surface area contributed by atoms with Crippen molar-refractivity contribution in [1.82, 2.24) is 4.90 Å². The van der Waals surface area contributed by atoms with E-state index in [4.69, 9.17) is 4.74 Å². The first-order valence-corrected chi connectivity index (χ1v) is 10.1. The third kappa shape index (κ3) is 1.42. The van der Waals surface area contributed by atoms with Crippen LogP contribution in [0.2, 0.25) is 0 Å². The van der Waals surface area contributed by atoms with E-state index in [0.717, 1.165) is 19.4 Å². The van der Waals surface area contributed by atoms with Crippen molar-refractivity contribution in [3.8, 4) is 0 Å². The fourth-order valence-corrected chi connectivity index (χ4v) is 7.77. The molecule has 4 heteroatoms. The number of benzene rings is 1. The normalized spacial score (nSPS) is 47.4. The number of nitrogens with zero attached hydrogens (tertiary/aromatic N) is 2. The zero-order valence-corrected chi connectivity index (χ0v) is 15.1. The first-order valence-electron chi connectivity index (χ1n) is 10.1. The molecule has 5 unspecified atom stereocenters. The summed E-state index contributed by atoms with van der Waals surface area (Å²) in [5.41, 5.74) is 2.01. The molecule has 0 amide bonds. The van der Waals surface area contributed by atoms with E-state index in [-0.39, 0.29) is 11.3 Å². The van der Waals surface area contributed by atoms with Crippen LogP contribution in [-0.4, -0.2) is 48.2 Å². The van der Waals surface area contributed by atoms with Gasteiger partial charge in [0.15, 0.2) is 5.72 Å². The summed E-state index contributed by atoms with van der Waals surface area (Å²) in [4.78, 5) is 4.95. The van der Waals surface area contributed by atoms with Gasteiger partial charge in [-0.05, 0) is 62.2 Å². The van der Waals surface area contributed by atoms with E-state index in [1.807, 2.05) is 0 Å². The summed E-state index contributed by atoms with van der Waals surface area (Å²) in [5, 5.41) is 12.4. The Morgan fingerprint density at radius 1 is 1.24 bits per heavy atom. The molecule has 1 N–H and O–H groups in total. The van der Waals surface area contributed by atoms with Crippen LogP contribution in [0.3, 0.4) is 0 Å². The third-order valence-corrected chi connectivity index (χ3v) is 8.53. The number of ether oxygens (including phenoxy) is 1. The highest BCUT2D eigenvalue weighted by Gasteiger charge is 2.77. The quantitative estimate of drug-likeness (QED) is 0.853. The highest BCUT2D eigenvalue weighted by atomic mass is 16.5. The second-order valence-corrected chi connectivity index (χ2v) is 9.05. The molecule has 1 aromatic carbocycles. The van der Waals surface area contributed by atoms with Crippen LogP contribution in [0.5, 0.6) is 0 Å². The van der Waals surface area contributed by atoms with Crippen molar-refractivity contribution < 1.29 is 9.84 Å². The second-order valence-electron chi connectivity index (χ2n) is 9.05. The van der Waals surface area contributed by atoms with Crippen LogP contribution in [0.25, 0.3) is 0 Å². The fourth-order valence-electron chi connectivity index (χ4n) is 7.77. The van der Waals surface area contributed by atoms with Crippen LogP contribution in [0, 0.1) is 11.3 Å². The topological polar surface area (TPSA) is 35.9 Å². The lowest BCUT2D eigenvalue weighted by molar-refractivity contribution is -0.212. The van der Waals surface area contributed by atoms with Gasteiger partial charge in [-0.25, -0.2) is 0 Å². The van der Waals surface area contributed by atoms with Gasteiger partial charge in [0.25, 0.3) is 0 Å². The van der Waals surface area contributed by atoms with Crippen molar-refractivity contribution in [3.05, 3.63) is 29.8 Å². The number of para-hydroxylation sites is 1. The average molecular weight is 340 g/mol. The highest BCUT2D eigenvalue weighted by Crippen LogP contribution is 2.70. The lowest BCUT2D eigenvalue weighted by Crippen LogP contribution is -2.76. The van der Waals surface area contributed by atoms with E-state index in [1.54, 1.807) is 0 Å². The Labute approximate surface area is 149 Å². The van der Waals surface area contributed by atoms with Crippen LogP contribution in [0.15, 0.2) is 24.3 Å². The van der Waals surface area contributed by atoms with E-state index in [1.165, 1.54) is 37.1 Å². The maximum atomic E-state index is 12.4. The standard InChI is InChI=1S/C21H28N2O2/c1-2-19-8-5-10-22-11-9-20(18(19)22)16-6-3-4-7-17(16)23-14-25-13-15(12-19)21(20,23)24/h3-4,6-7,15,18,24H,2,5,8-14H2,1H3. The number of anilines is 1. The Morgan fingerprint density at radius 3 is 3.00 bits per heavy atom. The monoisotopic (exact) mass is 340 g/mol. The molecule has 0 radical (unpaired) electrons. The molecule has 134 valence electrons. The number of rotatable bonds is 1. The number of fused-ring (bicyclic) bond motifs is 2. The van der Waals surface area contributed by atoms with Gasteiger partial charge >= 0.3 is 0 Å². The van der Waals surface area contributed by atoms with Crippen molar-refractivity contribution >= 4 is 5.69 Å². The molecular formula is C21H28N2O2. The van der Waals surface area contributed by atoms with Crippen molar-refractivity contribution in [2.75, 3.05) is 31.3 Å². The van der Waals surface area contributed by atoms with Gasteiger partial charge < -0.3 is 14.7 Å². The molecule has 4 fully saturated rings. The van der Waals surface area contributed by atoms with Gasteiger partial charge in [0.05, 0.1) is 12.0 Å². The van der Waals surface area contributed by atoms with Gasteiger partial charge in [-0.2, -0.15) is 0 Å². The molecule has 5 aliphatic rings. The zero-order valence-electron chi connectivity index (χ0n) is 15.1. The number of hydrogen-bond acceptors (Lipinski definition) is 4. The molecule has 1 spiro atoms. The van der Waals surface area contributed by atoms with Gasteiger partial charge in [0.2, 0.25) is 0 Å². The van der Waals surface area contributed by atoms with E-state index in [2.05, 4.69) is 41.0 Å². The predicted molar refractivity (Wildman–Crippen MR) is 96.4 cm³/mol. The summed E-state index contributed by atoms with van der Waals surface area (Å²) in [5.74, 6) is 0.211. The van der Waals surface area contributed by atoms with Gasteiger partial charge in [-0.15, -0.1) is 0 Å². The SMILES string of the molecule is CCC12CCCN3CCC4(c5ccccc5N5COCC(C1)C54O)C32. The molecule has 0 aromatic heterocycles. The molecule has 1 saturated carbocycles. The van der Waals surface area contributed by atoms with Crippen LogP contribution >= 0.6 is 0 Å². The third-order valence-electron chi connectivity index (χ3n) is 8.53. The molecular weight excluding hydrogens is 312 g/mol. The number of hydrogen-bond donors (Lipinski definition) is 1. The van der Waals surface area contributed by atoms with Crippen molar-refractivity contribution in [2.24, 2.45) is 11.3 Å². The molecule has 1 aliphatic carbocycles. The molecule has 3 saturated heterocycles. The van der Waals surface area contributed by atoms with E-state index in [0.29, 0.717) is 24.8 Å². The molecule has 4 aliphatic heterocycles. The van der Waals surface area contributed by atoms with Crippen LogP contribution in [0.4, 0.5) is 5.69 Å². The lowest BCUT2D eigenvalue weighted by atomic mass is 9.48. The Morgan fingerprint density at radius 2 is 2.12 bits per heavy atom. The Balaban J connectivity index is 1.67. The van der Waals surface area contributed by atoms with Crippen molar-refractivity contribution in [2.45, 2.75) is 56.2 Å². The minimum atomic E-state index is -0.773. The van der Waals surface area contributed by atoms with Gasteiger partial charge in [0.1, 0.15) is 6.73 Å². The molecule has 1 aromatic rings. The zero-order chi connectivity index (χ0) is 16.9. The molecule has 25 heavy (non-hydrogen) atoms. The lowest BCUT2D eigenvalue weighted by Gasteiger charge is -2.65. The van der Waals surface area contributed by atoms with Gasteiger partial charge in [-0.3, -0.25) is 4.90 Å². The summed E-state index contributed by atoms with van der Waals surface area (Å²) >= 11 is 0.